The number of thioether (sulfide) groups is 1. The third-order valence-corrected chi connectivity index (χ3v) is 11.9. The molecule has 32 heavy (non-hydrogen) atoms. The number of carbonyl (C=O) groups is 2. The average molecular weight is 466 g/mol. The van der Waals surface area contributed by atoms with Crippen LogP contribution < -0.4 is 6.15 Å². The molecule has 4 saturated carbocycles. The van der Waals surface area contributed by atoms with Crippen LogP contribution in [-0.2, 0) is 9.59 Å². The Hall–Kier alpha value is -0.550. The van der Waals surface area contributed by atoms with E-state index >= 15 is 0 Å². The van der Waals surface area contributed by atoms with Gasteiger partial charge < -0.3 is 11.3 Å². The van der Waals surface area contributed by atoms with Crippen molar-refractivity contribution in [1.29, 1.82) is 0 Å². The van der Waals surface area contributed by atoms with Gasteiger partial charge in [-0.05, 0) is 116 Å². The maximum atomic E-state index is 11.4. The molecule has 0 radical (unpaired) electrons. The monoisotopic (exact) mass is 465 g/mol. The molecular formula is C27H47NO3S. The molecule has 0 amide bonds. The largest absolute Gasteiger partial charge is 0.481 e. The SMILES string of the molecule is CC(=O)SCC1CC[C@@]2(C)C(CC[C@H]3[C@@H]4CC[C@H]([C@H](C)CCC(=O)O)[C@@]4(C)CC[C@@H]32)C1.N. The Labute approximate surface area is 200 Å². The van der Waals surface area contributed by atoms with Gasteiger partial charge in [0.1, 0.15) is 0 Å². The molecule has 0 heterocycles. The van der Waals surface area contributed by atoms with E-state index < -0.39 is 5.97 Å². The van der Waals surface area contributed by atoms with Crippen molar-refractivity contribution < 1.29 is 14.7 Å². The van der Waals surface area contributed by atoms with Gasteiger partial charge in [0.15, 0.2) is 5.12 Å². The smallest absolute Gasteiger partial charge is 0.303 e. The molecule has 0 bridgehead atoms. The molecule has 0 aromatic heterocycles. The highest BCUT2D eigenvalue weighted by Crippen LogP contribution is 2.68. The number of carboxylic acid groups (broad SMARTS) is 1. The van der Waals surface area contributed by atoms with Crippen LogP contribution in [0.3, 0.4) is 0 Å². The fraction of sp³-hybridized carbons (Fsp3) is 0.926. The second-order valence-electron chi connectivity index (χ2n) is 12.2. The average Bonchev–Trinajstić information content (AvgIpc) is 3.07. The summed E-state index contributed by atoms with van der Waals surface area (Å²) in [5.41, 5.74) is 0.937. The summed E-state index contributed by atoms with van der Waals surface area (Å²) in [6.07, 6.45) is 13.4. The summed E-state index contributed by atoms with van der Waals surface area (Å²) in [6.45, 7) is 9.24. The molecule has 0 spiro atoms. The second kappa shape index (κ2) is 9.98. The fourth-order valence-electron chi connectivity index (χ4n) is 9.26. The van der Waals surface area contributed by atoms with Gasteiger partial charge in [-0.1, -0.05) is 32.5 Å². The highest BCUT2D eigenvalue weighted by molar-refractivity contribution is 8.13. The molecule has 0 saturated heterocycles. The second-order valence-corrected chi connectivity index (χ2v) is 13.4. The quantitative estimate of drug-likeness (QED) is 0.433. The number of rotatable bonds is 6. The van der Waals surface area contributed by atoms with Gasteiger partial charge in [0.25, 0.3) is 0 Å². The summed E-state index contributed by atoms with van der Waals surface area (Å²) in [5, 5.41) is 9.43. The number of aliphatic carboxylic acids is 1. The molecule has 0 aromatic rings. The highest BCUT2D eigenvalue weighted by Gasteiger charge is 2.60. The zero-order chi connectivity index (χ0) is 22.4. The molecule has 4 fully saturated rings. The lowest BCUT2D eigenvalue weighted by Gasteiger charge is -2.61. The van der Waals surface area contributed by atoms with Gasteiger partial charge in [0, 0.05) is 19.1 Å². The summed E-state index contributed by atoms with van der Waals surface area (Å²) in [5.74, 6) is 5.86. The van der Waals surface area contributed by atoms with E-state index in [1.54, 1.807) is 18.7 Å². The lowest BCUT2D eigenvalue weighted by atomic mass is 9.44. The molecule has 4 nitrogen and oxygen atoms in total. The Bertz CT molecular complexity index is 698. The van der Waals surface area contributed by atoms with E-state index in [-0.39, 0.29) is 11.3 Å². The van der Waals surface area contributed by atoms with Gasteiger partial charge in [-0.3, -0.25) is 9.59 Å². The van der Waals surface area contributed by atoms with Crippen molar-refractivity contribution in [3.63, 3.8) is 0 Å². The van der Waals surface area contributed by atoms with E-state index in [1.165, 1.54) is 57.8 Å². The Morgan fingerprint density at radius 2 is 1.69 bits per heavy atom. The minimum Gasteiger partial charge on any atom is -0.481 e. The van der Waals surface area contributed by atoms with Crippen LogP contribution in [0, 0.1) is 52.3 Å². The van der Waals surface area contributed by atoms with Crippen LogP contribution >= 0.6 is 11.8 Å². The van der Waals surface area contributed by atoms with Crippen LogP contribution in [0.15, 0.2) is 0 Å². The predicted molar refractivity (Wildman–Crippen MR) is 133 cm³/mol. The van der Waals surface area contributed by atoms with E-state index in [0.717, 1.165) is 41.8 Å². The summed E-state index contributed by atoms with van der Waals surface area (Å²) < 4.78 is 0. The third kappa shape index (κ3) is 4.67. The maximum Gasteiger partial charge on any atom is 0.303 e. The number of hydrogen-bond donors (Lipinski definition) is 2. The van der Waals surface area contributed by atoms with Crippen molar-refractivity contribution in [2.75, 3.05) is 5.75 Å². The van der Waals surface area contributed by atoms with Gasteiger partial charge in [-0.25, -0.2) is 0 Å². The first-order valence-corrected chi connectivity index (χ1v) is 14.0. The third-order valence-electron chi connectivity index (χ3n) is 10.9. The molecule has 2 unspecified atom stereocenters. The maximum absolute atomic E-state index is 11.4. The Morgan fingerprint density at radius 1 is 1.00 bits per heavy atom. The molecule has 4 aliphatic carbocycles. The number of carbonyl (C=O) groups excluding carboxylic acids is 1. The van der Waals surface area contributed by atoms with E-state index in [9.17, 15) is 9.59 Å². The van der Waals surface area contributed by atoms with Crippen molar-refractivity contribution in [1.82, 2.24) is 6.15 Å². The minimum absolute atomic E-state index is 0. The van der Waals surface area contributed by atoms with Crippen molar-refractivity contribution in [3.8, 4) is 0 Å². The molecule has 4 aliphatic rings. The van der Waals surface area contributed by atoms with Crippen LogP contribution in [0.2, 0.25) is 0 Å². The predicted octanol–water partition coefficient (Wildman–Crippen LogP) is 7.20. The summed E-state index contributed by atoms with van der Waals surface area (Å²) in [4.78, 5) is 22.6. The molecule has 4 N–H and O–H groups in total. The standard InChI is InChI=1S/C27H44O3S.H3N/c1-17(5-10-25(29)30)22-8-9-23-21-7-6-20-15-19(16-31-18(2)28)11-13-26(20,3)24(21)12-14-27(22,23)4;/h17,19-24H,5-16H2,1-4H3,(H,29,30);1H3/t17-,19?,20?,21+,22-,23+,24+,26+,27-;/m1./s1. The lowest BCUT2D eigenvalue weighted by Crippen LogP contribution is -2.53. The normalized spacial score (nSPS) is 43.9. The minimum atomic E-state index is -0.640. The van der Waals surface area contributed by atoms with E-state index in [2.05, 4.69) is 20.8 Å². The van der Waals surface area contributed by atoms with Crippen LogP contribution in [0.25, 0.3) is 0 Å². The molecule has 0 aromatic carbocycles. The van der Waals surface area contributed by atoms with Crippen molar-refractivity contribution in [2.24, 2.45) is 52.3 Å². The lowest BCUT2D eigenvalue weighted by molar-refractivity contribution is -0.138. The van der Waals surface area contributed by atoms with Crippen molar-refractivity contribution in [2.45, 2.75) is 98.3 Å². The van der Waals surface area contributed by atoms with Crippen LogP contribution in [0.1, 0.15) is 98.3 Å². The highest BCUT2D eigenvalue weighted by atomic mass is 32.2. The first-order chi connectivity index (χ1) is 14.6. The molecule has 5 heteroatoms. The molecule has 0 aliphatic heterocycles. The Balaban J connectivity index is 0.00000289. The topological polar surface area (TPSA) is 89.4 Å². The van der Waals surface area contributed by atoms with E-state index in [0.29, 0.717) is 29.1 Å². The molecule has 9 atom stereocenters. The zero-order valence-electron chi connectivity index (χ0n) is 20.9. The van der Waals surface area contributed by atoms with Gasteiger partial charge in [0.05, 0.1) is 0 Å². The summed E-state index contributed by atoms with van der Waals surface area (Å²) >= 11 is 1.54. The van der Waals surface area contributed by atoms with Crippen molar-refractivity contribution in [3.05, 3.63) is 0 Å². The van der Waals surface area contributed by atoms with Gasteiger partial charge in [-0.15, -0.1) is 0 Å². The molecule has 4 rings (SSSR count). The van der Waals surface area contributed by atoms with E-state index in [1.807, 2.05) is 0 Å². The number of hydrogen-bond acceptors (Lipinski definition) is 4. The van der Waals surface area contributed by atoms with Gasteiger partial charge in [0.2, 0.25) is 0 Å². The number of carboxylic acids is 1. The molecule has 184 valence electrons. The first-order valence-electron chi connectivity index (χ1n) is 13.0. The zero-order valence-corrected chi connectivity index (χ0v) is 21.7. The van der Waals surface area contributed by atoms with Crippen molar-refractivity contribution >= 4 is 22.8 Å². The first kappa shape index (κ1) is 26.1. The molecular weight excluding hydrogens is 418 g/mol. The number of fused-ring (bicyclic) bond motifs is 5. The summed E-state index contributed by atoms with van der Waals surface area (Å²) in [6, 6.07) is 0. The van der Waals surface area contributed by atoms with Gasteiger partial charge >= 0.3 is 5.97 Å². The van der Waals surface area contributed by atoms with Crippen LogP contribution in [0.5, 0.6) is 0 Å². The van der Waals surface area contributed by atoms with Crippen LogP contribution in [-0.4, -0.2) is 21.9 Å². The fourth-order valence-corrected chi connectivity index (χ4v) is 10.0. The Morgan fingerprint density at radius 3 is 2.38 bits per heavy atom. The van der Waals surface area contributed by atoms with E-state index in [4.69, 9.17) is 5.11 Å². The Kier molecular flexibility index (Phi) is 8.13. The van der Waals surface area contributed by atoms with Gasteiger partial charge in [-0.2, -0.15) is 0 Å². The van der Waals surface area contributed by atoms with Crippen LogP contribution in [0.4, 0.5) is 0 Å². The summed E-state index contributed by atoms with van der Waals surface area (Å²) in [7, 11) is 0.